The zero-order valence-corrected chi connectivity index (χ0v) is 46.8. The minimum atomic E-state index is -1.04. The van der Waals surface area contributed by atoms with Gasteiger partial charge in [0.05, 0.1) is 5.69 Å². The third-order valence-electron chi connectivity index (χ3n) is 8.23. The van der Waals surface area contributed by atoms with Crippen molar-refractivity contribution in [3.8, 4) is 46.3 Å². The predicted octanol–water partition coefficient (Wildman–Crippen LogP) is 16.1. The van der Waals surface area contributed by atoms with Gasteiger partial charge in [0.15, 0.2) is 46.1 Å². The minimum Gasteiger partial charge on any atom is -0.450 e. The largest absolute Gasteiger partial charge is 0.514 e. The molecule has 20 heteroatoms. The van der Waals surface area contributed by atoms with E-state index < -0.39 is 70.2 Å². The van der Waals surface area contributed by atoms with Crippen LogP contribution in [-0.2, 0) is 23.7 Å². The fraction of sp³-hybridized carbons (Fsp3) is 0.364. The van der Waals surface area contributed by atoms with Crippen molar-refractivity contribution in [3.63, 3.8) is 0 Å². The highest BCUT2D eigenvalue weighted by Crippen LogP contribution is 2.38. The summed E-state index contributed by atoms with van der Waals surface area (Å²) in [6.07, 6.45) is -4.71. The molecule has 0 saturated carbocycles. The molecule has 0 aliphatic heterocycles. The molecule has 0 spiro atoms. The van der Waals surface area contributed by atoms with Crippen LogP contribution in [0.25, 0.3) is 0 Å². The smallest absolute Gasteiger partial charge is 0.450 e. The highest BCUT2D eigenvalue weighted by molar-refractivity contribution is 9.10. The Hall–Kier alpha value is -7.37. The Balaban J connectivity index is 0.000000325. The van der Waals surface area contributed by atoms with Gasteiger partial charge >= 0.3 is 30.6 Å². The van der Waals surface area contributed by atoms with Gasteiger partial charge in [0.25, 0.3) is 0 Å². The summed E-state index contributed by atoms with van der Waals surface area (Å²) in [5.41, 5.74) is -2.68. The SMILES string of the molecule is CC(C)(C)OC(=O)Nc1ccc(Oc2ccc(C#Cc3ccsc3)cc2OC(=O)OC(C)(C)C)c(F)c1.CC(C)(C)OC(=O)Oc1cc(Br)ccc1Oc1ccc(N(C(=O)OC(C)(C)C)C(=O)OC(C)(C)C)cc1F. The normalized spacial score (nSPS) is 11.5. The predicted molar refractivity (Wildman–Crippen MR) is 282 cm³/mol. The van der Waals surface area contributed by atoms with Crippen molar-refractivity contribution < 1.29 is 75.4 Å². The Morgan fingerprint density at radius 1 is 0.507 bits per heavy atom. The van der Waals surface area contributed by atoms with Crippen molar-refractivity contribution in [1.82, 2.24) is 0 Å². The molecular weight excluding hydrogens is 1060 g/mol. The maximum atomic E-state index is 15.2. The number of rotatable bonds is 8. The number of amides is 3. The lowest BCUT2D eigenvalue weighted by molar-refractivity contribution is 0.0188. The molecule has 0 fully saturated rings. The van der Waals surface area contributed by atoms with E-state index in [4.69, 9.17) is 42.6 Å². The van der Waals surface area contributed by atoms with Gasteiger partial charge in [-0.2, -0.15) is 16.2 Å². The highest BCUT2D eigenvalue weighted by atomic mass is 79.9. The summed E-state index contributed by atoms with van der Waals surface area (Å²) in [7, 11) is 0. The standard InChI is InChI=1S/C28H28FNO6S.C27H33BrFNO8/c1-27(2,3)35-25(31)30-20-10-12-22(21(29)16-20)33-23-11-9-18(7-8-19-13-14-37-17-19)15-24(23)34-26(32)36-28(4,5)6;1-25(2,3)36-22(31)30(23(32)37-26(4,5)6)17-11-13-19(18(29)15-17)34-20-12-10-16(28)14-21(20)35-24(33)38-27(7,8)9/h9-17H,1-6H3,(H,30,31);10-15H,1-9H3. The molecule has 4 aromatic carbocycles. The van der Waals surface area contributed by atoms with Gasteiger partial charge in [-0.25, -0.2) is 32.8 Å². The lowest BCUT2D eigenvalue weighted by atomic mass is 10.2. The molecule has 0 aliphatic carbocycles. The number of carbonyl (C=O) groups excluding carboxylic acids is 5. The lowest BCUT2D eigenvalue weighted by Crippen LogP contribution is -2.43. The van der Waals surface area contributed by atoms with Crippen molar-refractivity contribution in [2.24, 2.45) is 0 Å². The second-order valence-electron chi connectivity index (χ2n) is 21.0. The number of carbonyl (C=O) groups is 5. The number of nitrogens with one attached hydrogen (secondary N) is 1. The molecule has 402 valence electrons. The Labute approximate surface area is 447 Å². The summed E-state index contributed by atoms with van der Waals surface area (Å²) in [5.74, 6) is 3.99. The van der Waals surface area contributed by atoms with Crippen molar-refractivity contribution in [2.75, 3.05) is 10.2 Å². The summed E-state index contributed by atoms with van der Waals surface area (Å²) in [6, 6.07) is 18.4. The van der Waals surface area contributed by atoms with Gasteiger partial charge in [0.2, 0.25) is 0 Å². The molecule has 5 rings (SSSR count). The van der Waals surface area contributed by atoms with Crippen LogP contribution in [0.5, 0.6) is 34.5 Å². The van der Waals surface area contributed by atoms with Crippen LogP contribution in [0.4, 0.5) is 44.1 Å². The van der Waals surface area contributed by atoms with E-state index >= 15 is 4.39 Å². The fourth-order valence-electron chi connectivity index (χ4n) is 5.53. The van der Waals surface area contributed by atoms with E-state index in [-0.39, 0.29) is 45.9 Å². The molecule has 1 N–H and O–H groups in total. The number of nitrogens with zero attached hydrogens (tertiary/aromatic N) is 1. The lowest BCUT2D eigenvalue weighted by Gasteiger charge is -2.28. The number of hydrogen-bond donors (Lipinski definition) is 1. The molecule has 0 radical (unpaired) electrons. The molecule has 0 aliphatic rings. The number of ether oxygens (including phenoxy) is 9. The Kier molecular flexibility index (Phi) is 19.9. The van der Waals surface area contributed by atoms with E-state index in [2.05, 4.69) is 33.1 Å². The van der Waals surface area contributed by atoms with Crippen molar-refractivity contribution in [3.05, 3.63) is 117 Å². The van der Waals surface area contributed by atoms with Crippen LogP contribution in [0, 0.1) is 23.5 Å². The van der Waals surface area contributed by atoms with Crippen molar-refractivity contribution in [1.29, 1.82) is 0 Å². The summed E-state index contributed by atoms with van der Waals surface area (Å²) in [4.78, 5) is 62.7. The summed E-state index contributed by atoms with van der Waals surface area (Å²) >= 11 is 4.82. The molecule has 3 amide bonds. The van der Waals surface area contributed by atoms with E-state index in [9.17, 15) is 28.4 Å². The van der Waals surface area contributed by atoms with E-state index in [1.165, 1.54) is 59.9 Å². The molecule has 75 heavy (non-hydrogen) atoms. The molecule has 1 heterocycles. The molecule has 16 nitrogen and oxygen atoms in total. The first-order valence-electron chi connectivity index (χ1n) is 23.0. The Morgan fingerprint density at radius 2 is 0.960 bits per heavy atom. The molecule has 0 atom stereocenters. The van der Waals surface area contributed by atoms with Gasteiger partial charge in [0.1, 0.15) is 28.0 Å². The van der Waals surface area contributed by atoms with Gasteiger partial charge in [0, 0.05) is 44.9 Å². The fourth-order valence-corrected chi connectivity index (χ4v) is 6.46. The average molecular weight is 1120 g/mol. The first-order chi connectivity index (χ1) is 34.5. The molecule has 0 unspecified atom stereocenters. The summed E-state index contributed by atoms with van der Waals surface area (Å²) in [5, 5.41) is 6.29. The third kappa shape index (κ3) is 21.6. The molecule has 5 aromatic rings. The van der Waals surface area contributed by atoms with Gasteiger partial charge in [-0.1, -0.05) is 27.8 Å². The highest BCUT2D eigenvalue weighted by Gasteiger charge is 2.34. The molecule has 1 aromatic heterocycles. The Bertz CT molecular complexity index is 2890. The zero-order valence-electron chi connectivity index (χ0n) is 44.4. The number of halogens is 3. The van der Waals surface area contributed by atoms with E-state index in [1.807, 2.05) is 16.8 Å². The second-order valence-corrected chi connectivity index (χ2v) is 22.7. The maximum Gasteiger partial charge on any atom is 0.514 e. The van der Waals surface area contributed by atoms with E-state index in [1.54, 1.807) is 116 Å². The summed E-state index contributed by atoms with van der Waals surface area (Å²) < 4.78 is 78.9. The first-order valence-corrected chi connectivity index (χ1v) is 24.8. The molecule has 0 saturated heterocycles. The van der Waals surface area contributed by atoms with Crippen LogP contribution in [0.2, 0.25) is 0 Å². The second kappa shape index (κ2) is 24.8. The number of anilines is 2. The number of thiophene rings is 1. The number of benzene rings is 4. The van der Waals surface area contributed by atoms with Gasteiger partial charge in [-0.15, -0.1) is 0 Å². The number of hydrogen-bond acceptors (Lipinski definition) is 15. The zero-order chi connectivity index (χ0) is 56.3. The minimum absolute atomic E-state index is 0.00160. The van der Waals surface area contributed by atoms with Crippen LogP contribution in [0.3, 0.4) is 0 Å². The van der Waals surface area contributed by atoms with Gasteiger partial charge in [-0.05, 0) is 170 Å². The monoisotopic (exact) mass is 1120 g/mol. The molecule has 0 bridgehead atoms. The van der Waals surface area contributed by atoms with Crippen LogP contribution in [0.1, 0.15) is 115 Å². The van der Waals surface area contributed by atoms with E-state index in [0.29, 0.717) is 14.9 Å². The average Bonchev–Trinajstić information content (AvgIpc) is 3.74. The number of imide groups is 1. The summed E-state index contributed by atoms with van der Waals surface area (Å²) in [6.45, 7) is 25.1. The quantitative estimate of drug-likeness (QED) is 0.0670. The van der Waals surface area contributed by atoms with E-state index in [0.717, 1.165) is 17.7 Å². The van der Waals surface area contributed by atoms with Crippen LogP contribution in [0.15, 0.2) is 94.1 Å². The van der Waals surface area contributed by atoms with Gasteiger partial charge in [-0.3, -0.25) is 5.32 Å². The Morgan fingerprint density at radius 3 is 1.43 bits per heavy atom. The van der Waals surface area contributed by atoms with Crippen LogP contribution < -0.4 is 29.2 Å². The van der Waals surface area contributed by atoms with Crippen LogP contribution >= 0.6 is 27.3 Å². The topological polar surface area (TPSA) is 184 Å². The third-order valence-corrected chi connectivity index (χ3v) is 9.41. The molecular formula is C55H61BrF2N2O14S. The van der Waals surface area contributed by atoms with Gasteiger partial charge < -0.3 is 42.6 Å². The van der Waals surface area contributed by atoms with Crippen molar-refractivity contribution >= 4 is 69.2 Å². The maximum absolute atomic E-state index is 15.2. The van der Waals surface area contributed by atoms with Crippen molar-refractivity contribution in [2.45, 2.75) is 132 Å². The first kappa shape index (κ1) is 60.2. The van der Waals surface area contributed by atoms with Crippen LogP contribution in [-0.4, -0.2) is 58.6 Å².